The molecule has 0 spiro atoms. The fourth-order valence-electron chi connectivity index (χ4n) is 2.70. The van der Waals surface area contributed by atoms with E-state index in [-0.39, 0.29) is 24.3 Å². The molecule has 1 N–H and O–H groups in total. The van der Waals surface area contributed by atoms with Gasteiger partial charge in [-0.1, -0.05) is 6.92 Å². The number of hydrogen-bond donors (Lipinski definition) is 1. The predicted molar refractivity (Wildman–Crippen MR) is 95.9 cm³/mol. The number of rotatable bonds is 7. The first kappa shape index (κ1) is 19.8. The Balaban J connectivity index is 2.11. The third-order valence-electron chi connectivity index (χ3n) is 4.27. The molecule has 2 rings (SSSR count). The van der Waals surface area contributed by atoms with E-state index < -0.39 is 12.0 Å². The summed E-state index contributed by atoms with van der Waals surface area (Å²) < 4.78 is 10.6. The van der Waals surface area contributed by atoms with Crippen LogP contribution in [0.4, 0.5) is 0 Å². The van der Waals surface area contributed by atoms with Crippen molar-refractivity contribution in [3.8, 4) is 5.75 Å². The molecule has 7 heteroatoms. The van der Waals surface area contributed by atoms with E-state index in [2.05, 4.69) is 5.32 Å². The summed E-state index contributed by atoms with van der Waals surface area (Å²) in [5.41, 5.74) is 0.448. The van der Waals surface area contributed by atoms with Crippen molar-refractivity contribution in [3.63, 3.8) is 0 Å². The highest BCUT2D eigenvalue weighted by molar-refractivity contribution is 5.99. The molecular formula is C19H26N2O5. The number of nitrogens with zero attached hydrogens (tertiary/aromatic N) is 1. The zero-order valence-electron chi connectivity index (χ0n) is 15.5. The largest absolute Gasteiger partial charge is 0.494 e. The maximum atomic E-state index is 12.8. The van der Waals surface area contributed by atoms with E-state index in [0.717, 1.165) is 0 Å². The molecule has 0 aliphatic carbocycles. The molecule has 0 radical (unpaired) electrons. The van der Waals surface area contributed by atoms with E-state index >= 15 is 0 Å². The van der Waals surface area contributed by atoms with Crippen LogP contribution < -0.4 is 10.1 Å². The second kappa shape index (κ2) is 9.22. The average Bonchev–Trinajstić information content (AvgIpc) is 2.63. The predicted octanol–water partition coefficient (Wildman–Crippen LogP) is 1.76. The lowest BCUT2D eigenvalue weighted by Crippen LogP contribution is -2.57. The minimum absolute atomic E-state index is 0.154. The highest BCUT2D eigenvalue weighted by atomic mass is 16.5. The number of hydrogen-bond acceptors (Lipinski definition) is 5. The minimum atomic E-state index is -0.862. The molecule has 2 unspecified atom stereocenters. The monoisotopic (exact) mass is 362 g/mol. The lowest BCUT2D eigenvalue weighted by Gasteiger charge is -2.34. The van der Waals surface area contributed by atoms with E-state index in [9.17, 15) is 14.4 Å². The number of nitrogens with one attached hydrogen (secondary N) is 1. The molecular weight excluding hydrogens is 336 g/mol. The van der Waals surface area contributed by atoms with Crippen molar-refractivity contribution >= 4 is 17.8 Å². The molecule has 1 fully saturated rings. The highest BCUT2D eigenvalue weighted by Gasteiger charge is 2.35. The number of benzene rings is 1. The number of esters is 1. The van der Waals surface area contributed by atoms with E-state index in [1.807, 2.05) is 13.8 Å². The Morgan fingerprint density at radius 3 is 2.58 bits per heavy atom. The van der Waals surface area contributed by atoms with Gasteiger partial charge in [0.25, 0.3) is 5.91 Å². The SMILES string of the molecule is CCOc1ccc(C(=O)N2CCNC(=O)C2CC(=O)OC(C)CC)cc1. The maximum absolute atomic E-state index is 12.8. The minimum Gasteiger partial charge on any atom is -0.494 e. The van der Waals surface area contributed by atoms with Crippen LogP contribution in [0.15, 0.2) is 24.3 Å². The van der Waals surface area contributed by atoms with Crippen LogP contribution in [-0.4, -0.2) is 54.5 Å². The van der Waals surface area contributed by atoms with E-state index in [4.69, 9.17) is 9.47 Å². The van der Waals surface area contributed by atoms with Crippen LogP contribution in [0.25, 0.3) is 0 Å². The molecule has 0 bridgehead atoms. The van der Waals surface area contributed by atoms with Gasteiger partial charge in [0.1, 0.15) is 11.8 Å². The van der Waals surface area contributed by atoms with E-state index in [1.165, 1.54) is 4.90 Å². The van der Waals surface area contributed by atoms with Crippen molar-refractivity contribution in [2.75, 3.05) is 19.7 Å². The Kier molecular flexibility index (Phi) is 7.00. The Hall–Kier alpha value is -2.57. The second-order valence-electron chi connectivity index (χ2n) is 6.18. The van der Waals surface area contributed by atoms with Crippen molar-refractivity contribution in [1.82, 2.24) is 10.2 Å². The standard InChI is InChI=1S/C19H26N2O5/c1-4-13(3)26-17(22)12-16-18(23)20-10-11-21(16)19(24)14-6-8-15(9-7-14)25-5-2/h6-9,13,16H,4-5,10-12H2,1-3H3,(H,20,23). The van der Waals surface area contributed by atoms with Gasteiger partial charge in [0.15, 0.2) is 0 Å². The topological polar surface area (TPSA) is 84.9 Å². The van der Waals surface area contributed by atoms with Gasteiger partial charge in [0.2, 0.25) is 5.91 Å². The molecule has 2 amide bonds. The summed E-state index contributed by atoms with van der Waals surface area (Å²) in [6.07, 6.45) is 0.320. The number of carbonyl (C=O) groups is 3. The van der Waals surface area contributed by atoms with Crippen LogP contribution in [-0.2, 0) is 14.3 Å². The Morgan fingerprint density at radius 1 is 1.27 bits per heavy atom. The summed E-state index contributed by atoms with van der Waals surface area (Å²) in [6, 6.07) is 5.89. The number of piperazine rings is 1. The van der Waals surface area contributed by atoms with Crippen LogP contribution in [0.1, 0.15) is 44.0 Å². The quantitative estimate of drug-likeness (QED) is 0.747. The molecule has 7 nitrogen and oxygen atoms in total. The van der Waals surface area contributed by atoms with Gasteiger partial charge < -0.3 is 19.7 Å². The summed E-state index contributed by atoms with van der Waals surface area (Å²) in [6.45, 7) is 6.83. The first-order chi connectivity index (χ1) is 12.5. The number of amides is 2. The highest BCUT2D eigenvalue weighted by Crippen LogP contribution is 2.18. The summed E-state index contributed by atoms with van der Waals surface area (Å²) in [5.74, 6) is -0.430. The van der Waals surface area contributed by atoms with Gasteiger partial charge in [-0.2, -0.15) is 0 Å². The zero-order valence-corrected chi connectivity index (χ0v) is 15.5. The average molecular weight is 362 g/mol. The Morgan fingerprint density at radius 2 is 1.96 bits per heavy atom. The summed E-state index contributed by atoms with van der Waals surface area (Å²) in [7, 11) is 0. The van der Waals surface area contributed by atoms with Crippen molar-refractivity contribution in [2.24, 2.45) is 0 Å². The molecule has 1 aliphatic heterocycles. The van der Waals surface area contributed by atoms with Gasteiger partial charge in [0, 0.05) is 18.7 Å². The normalized spacial score (nSPS) is 18.0. The molecule has 0 saturated carbocycles. The lowest BCUT2D eigenvalue weighted by molar-refractivity contribution is -0.151. The van der Waals surface area contributed by atoms with E-state index in [0.29, 0.717) is 37.4 Å². The third kappa shape index (κ3) is 4.97. The molecule has 1 aliphatic rings. The number of carbonyl (C=O) groups excluding carboxylic acids is 3. The second-order valence-corrected chi connectivity index (χ2v) is 6.18. The van der Waals surface area contributed by atoms with Gasteiger partial charge >= 0.3 is 5.97 Å². The molecule has 142 valence electrons. The summed E-state index contributed by atoms with van der Waals surface area (Å²) in [5, 5.41) is 2.71. The molecule has 0 aromatic heterocycles. The summed E-state index contributed by atoms with van der Waals surface area (Å²) in [4.78, 5) is 38.6. The zero-order chi connectivity index (χ0) is 19.1. The lowest BCUT2D eigenvalue weighted by atomic mass is 10.1. The molecule has 1 saturated heterocycles. The molecule has 1 heterocycles. The maximum Gasteiger partial charge on any atom is 0.308 e. The molecule has 2 atom stereocenters. The molecule has 26 heavy (non-hydrogen) atoms. The van der Waals surface area contributed by atoms with Crippen LogP contribution in [0.3, 0.4) is 0 Å². The Bertz CT molecular complexity index is 644. The van der Waals surface area contributed by atoms with Crippen LogP contribution >= 0.6 is 0 Å². The van der Waals surface area contributed by atoms with Gasteiger partial charge in [-0.05, 0) is 44.5 Å². The van der Waals surface area contributed by atoms with Crippen molar-refractivity contribution in [2.45, 2.75) is 45.8 Å². The van der Waals surface area contributed by atoms with E-state index in [1.54, 1.807) is 31.2 Å². The molecule has 1 aromatic carbocycles. The molecule has 1 aromatic rings. The Labute approximate surface area is 153 Å². The van der Waals surface area contributed by atoms with Crippen LogP contribution in [0.2, 0.25) is 0 Å². The van der Waals surface area contributed by atoms with Crippen molar-refractivity contribution in [1.29, 1.82) is 0 Å². The fraction of sp³-hybridized carbons (Fsp3) is 0.526. The smallest absolute Gasteiger partial charge is 0.308 e. The number of ether oxygens (including phenoxy) is 2. The van der Waals surface area contributed by atoms with Gasteiger partial charge in [0.05, 0.1) is 19.1 Å². The first-order valence-electron chi connectivity index (χ1n) is 8.97. The van der Waals surface area contributed by atoms with Crippen LogP contribution in [0.5, 0.6) is 5.75 Å². The van der Waals surface area contributed by atoms with Crippen molar-refractivity contribution < 1.29 is 23.9 Å². The van der Waals surface area contributed by atoms with Gasteiger partial charge in [-0.3, -0.25) is 14.4 Å². The summed E-state index contributed by atoms with van der Waals surface area (Å²) >= 11 is 0. The first-order valence-corrected chi connectivity index (χ1v) is 8.97. The van der Waals surface area contributed by atoms with Crippen LogP contribution in [0, 0.1) is 0 Å². The fourth-order valence-corrected chi connectivity index (χ4v) is 2.70. The van der Waals surface area contributed by atoms with Gasteiger partial charge in [-0.25, -0.2) is 0 Å². The third-order valence-corrected chi connectivity index (χ3v) is 4.27. The van der Waals surface area contributed by atoms with Crippen molar-refractivity contribution in [3.05, 3.63) is 29.8 Å². The van der Waals surface area contributed by atoms with Gasteiger partial charge in [-0.15, -0.1) is 0 Å².